The first-order chi connectivity index (χ1) is 9.27. The van der Waals surface area contributed by atoms with Gasteiger partial charge < -0.3 is 5.32 Å². The fourth-order valence-corrected chi connectivity index (χ4v) is 3.52. The third-order valence-corrected chi connectivity index (χ3v) is 4.88. The van der Waals surface area contributed by atoms with E-state index in [4.69, 9.17) is 0 Å². The summed E-state index contributed by atoms with van der Waals surface area (Å²) in [5.41, 5.74) is -0.731. The van der Waals surface area contributed by atoms with Crippen LogP contribution in [0.4, 0.5) is 0 Å². The van der Waals surface area contributed by atoms with E-state index < -0.39 is 5.41 Å². The van der Waals surface area contributed by atoms with Crippen molar-refractivity contribution in [3.8, 4) is 6.07 Å². The number of carbonyl (C=O) groups is 1. The van der Waals surface area contributed by atoms with Crippen LogP contribution >= 0.6 is 0 Å². The van der Waals surface area contributed by atoms with Gasteiger partial charge in [-0.3, -0.25) is 4.79 Å². The Kier molecular flexibility index (Phi) is 5.24. The second-order valence-electron chi connectivity index (χ2n) is 6.32. The normalized spacial score (nSPS) is 24.2. The summed E-state index contributed by atoms with van der Waals surface area (Å²) in [7, 11) is 0. The van der Waals surface area contributed by atoms with Crippen molar-refractivity contribution in [2.75, 3.05) is 6.54 Å². The quantitative estimate of drug-likeness (QED) is 0.791. The molecule has 2 fully saturated rings. The highest BCUT2D eigenvalue weighted by Crippen LogP contribution is 2.35. The van der Waals surface area contributed by atoms with E-state index >= 15 is 0 Å². The first-order valence-electron chi connectivity index (χ1n) is 7.96. The van der Waals surface area contributed by atoms with Crippen LogP contribution in [-0.2, 0) is 4.79 Å². The lowest BCUT2D eigenvalue weighted by molar-refractivity contribution is -0.129. The van der Waals surface area contributed by atoms with Gasteiger partial charge in [0.1, 0.15) is 5.41 Å². The second-order valence-corrected chi connectivity index (χ2v) is 6.32. The van der Waals surface area contributed by atoms with Crippen molar-refractivity contribution >= 4 is 5.91 Å². The molecule has 2 saturated carbocycles. The van der Waals surface area contributed by atoms with E-state index in [0.717, 1.165) is 32.2 Å². The molecule has 106 valence electrons. The largest absolute Gasteiger partial charge is 0.354 e. The van der Waals surface area contributed by atoms with Crippen molar-refractivity contribution in [3.63, 3.8) is 0 Å². The minimum Gasteiger partial charge on any atom is -0.354 e. The first kappa shape index (κ1) is 14.4. The van der Waals surface area contributed by atoms with Gasteiger partial charge in [-0.1, -0.05) is 44.9 Å². The first-order valence-corrected chi connectivity index (χ1v) is 7.96. The summed E-state index contributed by atoms with van der Waals surface area (Å²) in [5, 5.41) is 12.5. The van der Waals surface area contributed by atoms with Crippen molar-refractivity contribution < 1.29 is 4.79 Å². The average Bonchev–Trinajstić information content (AvgIpc) is 2.72. The number of nitrogens with zero attached hydrogens (tertiary/aromatic N) is 1. The number of nitriles is 1. The SMILES string of the molecule is N#CC1(C(=O)NCC2CCCCC2)CCCCCC1. The Morgan fingerprint density at radius 2 is 1.63 bits per heavy atom. The Balaban J connectivity index is 1.87. The van der Waals surface area contributed by atoms with Crippen LogP contribution in [0.25, 0.3) is 0 Å². The summed E-state index contributed by atoms with van der Waals surface area (Å²) in [6.45, 7) is 0.780. The van der Waals surface area contributed by atoms with Crippen LogP contribution < -0.4 is 5.32 Å². The van der Waals surface area contributed by atoms with E-state index in [1.807, 2.05) is 0 Å². The Labute approximate surface area is 116 Å². The zero-order valence-corrected chi connectivity index (χ0v) is 11.9. The third kappa shape index (κ3) is 3.72. The van der Waals surface area contributed by atoms with Crippen LogP contribution in [0.3, 0.4) is 0 Å². The molecule has 3 nitrogen and oxygen atoms in total. The minimum atomic E-state index is -0.731. The van der Waals surface area contributed by atoms with Crippen LogP contribution in [0.2, 0.25) is 0 Å². The minimum absolute atomic E-state index is 0.00229. The molecule has 0 atom stereocenters. The predicted molar refractivity (Wildman–Crippen MR) is 75.3 cm³/mol. The highest BCUT2D eigenvalue weighted by molar-refractivity contribution is 5.85. The van der Waals surface area contributed by atoms with Crippen LogP contribution in [0.5, 0.6) is 0 Å². The lowest BCUT2D eigenvalue weighted by Gasteiger charge is -2.27. The van der Waals surface area contributed by atoms with E-state index in [9.17, 15) is 10.1 Å². The van der Waals surface area contributed by atoms with Gasteiger partial charge in [-0.05, 0) is 31.6 Å². The number of amides is 1. The number of hydrogen-bond donors (Lipinski definition) is 1. The number of rotatable bonds is 3. The van der Waals surface area contributed by atoms with E-state index in [-0.39, 0.29) is 5.91 Å². The van der Waals surface area contributed by atoms with Crippen LogP contribution in [-0.4, -0.2) is 12.5 Å². The van der Waals surface area contributed by atoms with E-state index in [1.165, 1.54) is 44.9 Å². The highest BCUT2D eigenvalue weighted by Gasteiger charge is 2.38. The van der Waals surface area contributed by atoms with Gasteiger partial charge in [-0.2, -0.15) is 5.26 Å². The van der Waals surface area contributed by atoms with Crippen molar-refractivity contribution in [1.29, 1.82) is 5.26 Å². The zero-order valence-electron chi connectivity index (χ0n) is 11.9. The fraction of sp³-hybridized carbons (Fsp3) is 0.875. The summed E-state index contributed by atoms with van der Waals surface area (Å²) in [6, 6.07) is 2.33. The Morgan fingerprint density at radius 1 is 1.05 bits per heavy atom. The maximum absolute atomic E-state index is 12.4. The molecule has 0 spiro atoms. The van der Waals surface area contributed by atoms with Gasteiger partial charge in [0.15, 0.2) is 0 Å². The molecule has 0 unspecified atom stereocenters. The standard InChI is InChI=1S/C16H26N2O/c17-13-16(10-6-1-2-7-11-16)15(19)18-12-14-8-4-3-5-9-14/h14H,1-12H2,(H,18,19). The molecule has 0 bridgehead atoms. The lowest BCUT2D eigenvalue weighted by Crippen LogP contribution is -2.42. The Hall–Kier alpha value is -1.04. The van der Waals surface area contributed by atoms with Crippen molar-refractivity contribution in [2.45, 2.75) is 70.6 Å². The lowest BCUT2D eigenvalue weighted by atomic mass is 9.80. The average molecular weight is 262 g/mol. The zero-order chi connectivity index (χ0) is 13.6. The molecule has 2 rings (SSSR count). The number of hydrogen-bond acceptors (Lipinski definition) is 2. The van der Waals surface area contributed by atoms with E-state index in [0.29, 0.717) is 5.92 Å². The molecule has 0 aromatic carbocycles. The van der Waals surface area contributed by atoms with Gasteiger partial charge >= 0.3 is 0 Å². The third-order valence-electron chi connectivity index (χ3n) is 4.88. The summed E-state index contributed by atoms with van der Waals surface area (Å²) >= 11 is 0. The van der Waals surface area contributed by atoms with Gasteiger partial charge in [0, 0.05) is 6.54 Å². The molecule has 1 N–H and O–H groups in total. The Morgan fingerprint density at radius 3 is 2.21 bits per heavy atom. The molecule has 0 aliphatic heterocycles. The van der Waals surface area contributed by atoms with Gasteiger partial charge in [0.05, 0.1) is 6.07 Å². The number of nitrogens with one attached hydrogen (secondary N) is 1. The van der Waals surface area contributed by atoms with Crippen molar-refractivity contribution in [3.05, 3.63) is 0 Å². The molecule has 0 aromatic rings. The van der Waals surface area contributed by atoms with Crippen LogP contribution in [0.15, 0.2) is 0 Å². The van der Waals surface area contributed by atoms with Crippen molar-refractivity contribution in [2.24, 2.45) is 11.3 Å². The maximum atomic E-state index is 12.4. The molecule has 2 aliphatic rings. The summed E-state index contributed by atoms with van der Waals surface area (Å²) < 4.78 is 0. The molecular weight excluding hydrogens is 236 g/mol. The molecule has 0 saturated heterocycles. The van der Waals surface area contributed by atoms with Crippen LogP contribution in [0, 0.1) is 22.7 Å². The molecule has 0 aromatic heterocycles. The van der Waals surface area contributed by atoms with Crippen molar-refractivity contribution in [1.82, 2.24) is 5.32 Å². The topological polar surface area (TPSA) is 52.9 Å². The van der Waals surface area contributed by atoms with Gasteiger partial charge in [0.2, 0.25) is 5.91 Å². The molecule has 19 heavy (non-hydrogen) atoms. The summed E-state index contributed by atoms with van der Waals surface area (Å²) in [4.78, 5) is 12.4. The van der Waals surface area contributed by atoms with Gasteiger partial charge in [0.25, 0.3) is 0 Å². The second kappa shape index (κ2) is 6.93. The molecule has 0 radical (unpaired) electrons. The molecule has 3 heteroatoms. The summed E-state index contributed by atoms with van der Waals surface area (Å²) in [5.74, 6) is 0.640. The number of carbonyl (C=O) groups excluding carboxylic acids is 1. The molecule has 0 heterocycles. The molecule has 2 aliphatic carbocycles. The summed E-state index contributed by atoms with van der Waals surface area (Å²) in [6.07, 6.45) is 12.3. The molecule has 1 amide bonds. The highest BCUT2D eigenvalue weighted by atomic mass is 16.2. The van der Waals surface area contributed by atoms with E-state index in [1.54, 1.807) is 0 Å². The predicted octanol–water partition coefficient (Wildman–Crippen LogP) is 3.55. The smallest absolute Gasteiger partial charge is 0.240 e. The maximum Gasteiger partial charge on any atom is 0.240 e. The Bertz CT molecular complexity index is 331. The van der Waals surface area contributed by atoms with Gasteiger partial charge in [-0.15, -0.1) is 0 Å². The van der Waals surface area contributed by atoms with Gasteiger partial charge in [-0.25, -0.2) is 0 Å². The van der Waals surface area contributed by atoms with E-state index in [2.05, 4.69) is 11.4 Å². The molecular formula is C16H26N2O. The fourth-order valence-electron chi connectivity index (χ4n) is 3.52. The monoisotopic (exact) mass is 262 g/mol. The van der Waals surface area contributed by atoms with Crippen LogP contribution in [0.1, 0.15) is 70.6 Å².